The summed E-state index contributed by atoms with van der Waals surface area (Å²) in [6.45, 7) is 4.08. The van der Waals surface area contributed by atoms with Crippen LogP contribution < -0.4 is 10.3 Å². The maximum Gasteiger partial charge on any atom is 0.265 e. The lowest BCUT2D eigenvalue weighted by molar-refractivity contribution is 0.404. The monoisotopic (exact) mass is 398 g/mol. The summed E-state index contributed by atoms with van der Waals surface area (Å²) >= 11 is 0. The Morgan fingerprint density at radius 1 is 0.933 bits per heavy atom. The van der Waals surface area contributed by atoms with Crippen LogP contribution in [-0.4, -0.2) is 23.0 Å². The van der Waals surface area contributed by atoms with Gasteiger partial charge in [-0.05, 0) is 55.3 Å². The number of aromatic nitrogens is 1. The molecule has 0 unspecified atom stereocenters. The van der Waals surface area contributed by atoms with Crippen molar-refractivity contribution in [2.24, 2.45) is 4.99 Å². The van der Waals surface area contributed by atoms with Crippen LogP contribution in [0.4, 0.5) is 5.69 Å². The van der Waals surface area contributed by atoms with Gasteiger partial charge < -0.3 is 9.84 Å². The molecule has 5 nitrogen and oxygen atoms in total. The summed E-state index contributed by atoms with van der Waals surface area (Å²) < 4.78 is 6.68. The van der Waals surface area contributed by atoms with Crippen LogP contribution in [0.25, 0.3) is 16.5 Å². The average molecular weight is 398 g/mol. The van der Waals surface area contributed by atoms with E-state index in [9.17, 15) is 9.90 Å². The van der Waals surface area contributed by atoms with E-state index in [1.165, 1.54) is 17.2 Å². The third-order valence-corrected chi connectivity index (χ3v) is 5.26. The van der Waals surface area contributed by atoms with Gasteiger partial charge in [0.15, 0.2) is 0 Å². The number of para-hydroxylation sites is 2. The summed E-state index contributed by atoms with van der Waals surface area (Å²) in [7, 11) is 1.53. The van der Waals surface area contributed by atoms with Gasteiger partial charge in [0, 0.05) is 17.0 Å². The predicted octanol–water partition coefficient (Wildman–Crippen LogP) is 5.07. The second kappa shape index (κ2) is 7.87. The number of rotatable bonds is 4. The van der Waals surface area contributed by atoms with E-state index >= 15 is 0 Å². The Hall–Kier alpha value is -3.86. The molecule has 0 saturated heterocycles. The molecule has 1 aromatic heterocycles. The number of hydrogen-bond donors (Lipinski definition) is 1. The van der Waals surface area contributed by atoms with Gasteiger partial charge in [-0.25, -0.2) is 4.57 Å². The summed E-state index contributed by atoms with van der Waals surface area (Å²) in [5, 5.41) is 12.3. The van der Waals surface area contributed by atoms with Crippen LogP contribution in [0.3, 0.4) is 0 Å². The number of fused-ring (bicyclic) bond motifs is 1. The lowest BCUT2D eigenvalue weighted by Crippen LogP contribution is -2.20. The van der Waals surface area contributed by atoms with Crippen molar-refractivity contribution in [3.05, 3.63) is 93.8 Å². The molecule has 4 rings (SSSR count). The van der Waals surface area contributed by atoms with E-state index in [0.717, 1.165) is 11.3 Å². The molecule has 0 aliphatic rings. The number of benzene rings is 3. The molecule has 4 aromatic rings. The Balaban J connectivity index is 1.98. The third kappa shape index (κ3) is 3.35. The zero-order chi connectivity index (χ0) is 21.3. The van der Waals surface area contributed by atoms with Crippen LogP contribution in [0.5, 0.6) is 11.6 Å². The largest absolute Gasteiger partial charge is 0.495 e. The molecular weight excluding hydrogens is 376 g/mol. The molecule has 0 spiro atoms. The Morgan fingerprint density at radius 3 is 2.37 bits per heavy atom. The van der Waals surface area contributed by atoms with E-state index < -0.39 is 0 Å². The van der Waals surface area contributed by atoms with Crippen LogP contribution in [-0.2, 0) is 0 Å². The number of methoxy groups -OCH3 is 1. The van der Waals surface area contributed by atoms with Gasteiger partial charge in [-0.3, -0.25) is 9.79 Å². The van der Waals surface area contributed by atoms with Gasteiger partial charge in [-0.15, -0.1) is 0 Å². The predicted molar refractivity (Wildman–Crippen MR) is 121 cm³/mol. The summed E-state index contributed by atoms with van der Waals surface area (Å²) in [5.74, 6) is 0.304. The standard InChI is InChI=1S/C25H22N2O3/c1-16-12-13-18(14-17(16)2)26-15-21-19-8-4-5-9-20(19)24(28)27(25(21)29)22-10-6-7-11-23(22)30-3/h4-15,29H,1-3H3. The lowest BCUT2D eigenvalue weighted by atomic mass is 10.1. The Morgan fingerprint density at radius 2 is 1.63 bits per heavy atom. The summed E-state index contributed by atoms with van der Waals surface area (Å²) in [6.07, 6.45) is 1.60. The van der Waals surface area contributed by atoms with Crippen LogP contribution in [0, 0.1) is 13.8 Å². The van der Waals surface area contributed by atoms with Crippen molar-refractivity contribution in [1.82, 2.24) is 4.57 Å². The molecule has 0 saturated carbocycles. The molecule has 0 bridgehead atoms. The summed E-state index contributed by atoms with van der Waals surface area (Å²) in [6, 6.07) is 20.2. The normalized spacial score (nSPS) is 11.3. The van der Waals surface area contributed by atoms with Crippen molar-refractivity contribution in [2.45, 2.75) is 13.8 Å². The van der Waals surface area contributed by atoms with E-state index in [4.69, 9.17) is 4.74 Å². The fraction of sp³-hybridized carbons (Fsp3) is 0.120. The van der Waals surface area contributed by atoms with E-state index in [2.05, 4.69) is 4.99 Å². The number of aryl methyl sites for hydroxylation is 2. The second-order valence-corrected chi connectivity index (χ2v) is 7.12. The number of aromatic hydroxyl groups is 1. The highest BCUT2D eigenvalue weighted by Gasteiger charge is 2.18. The molecule has 3 aromatic carbocycles. The van der Waals surface area contributed by atoms with Crippen LogP contribution in [0.1, 0.15) is 16.7 Å². The maximum atomic E-state index is 13.2. The molecule has 0 aliphatic heterocycles. The summed E-state index contributed by atoms with van der Waals surface area (Å²) in [4.78, 5) is 17.8. The highest BCUT2D eigenvalue weighted by molar-refractivity contribution is 6.02. The number of aliphatic imine (C=N–C) groups is 1. The minimum atomic E-state index is -0.323. The number of hydrogen-bond acceptors (Lipinski definition) is 4. The van der Waals surface area contributed by atoms with Crippen molar-refractivity contribution >= 4 is 22.7 Å². The molecule has 30 heavy (non-hydrogen) atoms. The maximum absolute atomic E-state index is 13.2. The van der Waals surface area contributed by atoms with Gasteiger partial charge >= 0.3 is 0 Å². The quantitative estimate of drug-likeness (QED) is 0.488. The first kappa shape index (κ1) is 19.5. The van der Waals surface area contributed by atoms with Crippen molar-refractivity contribution < 1.29 is 9.84 Å². The number of nitrogens with zero attached hydrogens (tertiary/aromatic N) is 2. The van der Waals surface area contributed by atoms with Gasteiger partial charge in [0.25, 0.3) is 5.56 Å². The molecule has 5 heteroatoms. The minimum Gasteiger partial charge on any atom is -0.495 e. The fourth-order valence-electron chi connectivity index (χ4n) is 3.47. The molecule has 0 amide bonds. The van der Waals surface area contributed by atoms with Gasteiger partial charge in [0.05, 0.1) is 24.0 Å². The SMILES string of the molecule is COc1ccccc1-n1c(O)c(C=Nc2ccc(C)c(C)c2)c2ccccc2c1=O. The number of pyridine rings is 1. The molecular formula is C25H22N2O3. The van der Waals surface area contributed by atoms with Crippen molar-refractivity contribution in [1.29, 1.82) is 0 Å². The highest BCUT2D eigenvalue weighted by Crippen LogP contribution is 2.30. The molecule has 1 heterocycles. The molecule has 150 valence electrons. The van der Waals surface area contributed by atoms with E-state index in [-0.39, 0.29) is 11.4 Å². The van der Waals surface area contributed by atoms with Crippen molar-refractivity contribution in [2.75, 3.05) is 7.11 Å². The Bertz CT molecular complexity index is 1340. The lowest BCUT2D eigenvalue weighted by Gasteiger charge is -2.16. The van der Waals surface area contributed by atoms with Crippen molar-refractivity contribution in [3.63, 3.8) is 0 Å². The van der Waals surface area contributed by atoms with Crippen LogP contribution in [0.2, 0.25) is 0 Å². The molecule has 0 radical (unpaired) electrons. The van der Waals surface area contributed by atoms with Crippen LogP contribution >= 0.6 is 0 Å². The van der Waals surface area contributed by atoms with E-state index in [1.54, 1.807) is 36.5 Å². The zero-order valence-electron chi connectivity index (χ0n) is 17.1. The van der Waals surface area contributed by atoms with E-state index in [1.807, 2.05) is 50.2 Å². The molecule has 0 atom stereocenters. The first-order chi connectivity index (χ1) is 14.5. The Kier molecular flexibility index (Phi) is 5.11. The Labute approximate surface area is 174 Å². The van der Waals surface area contributed by atoms with Gasteiger partial charge in [0.2, 0.25) is 5.88 Å². The fourth-order valence-corrected chi connectivity index (χ4v) is 3.47. The molecule has 0 fully saturated rings. The topological polar surface area (TPSA) is 63.8 Å². The van der Waals surface area contributed by atoms with Crippen LogP contribution in [0.15, 0.2) is 76.5 Å². The van der Waals surface area contributed by atoms with E-state index in [0.29, 0.717) is 27.8 Å². The van der Waals surface area contributed by atoms with Gasteiger partial charge in [0.1, 0.15) is 5.75 Å². The minimum absolute atomic E-state index is 0.184. The smallest absolute Gasteiger partial charge is 0.265 e. The number of ether oxygens (including phenoxy) is 1. The molecule has 0 aliphatic carbocycles. The second-order valence-electron chi connectivity index (χ2n) is 7.12. The molecule has 1 N–H and O–H groups in total. The average Bonchev–Trinajstić information content (AvgIpc) is 2.76. The first-order valence-corrected chi connectivity index (χ1v) is 9.62. The third-order valence-electron chi connectivity index (χ3n) is 5.26. The van der Waals surface area contributed by atoms with Gasteiger partial charge in [-0.1, -0.05) is 36.4 Å². The highest BCUT2D eigenvalue weighted by atomic mass is 16.5. The summed E-state index contributed by atoms with van der Waals surface area (Å²) in [5.41, 5.74) is 3.71. The first-order valence-electron chi connectivity index (χ1n) is 9.62. The zero-order valence-corrected chi connectivity index (χ0v) is 17.1. The van der Waals surface area contributed by atoms with Crippen molar-refractivity contribution in [3.8, 4) is 17.3 Å². The van der Waals surface area contributed by atoms with Gasteiger partial charge in [-0.2, -0.15) is 0 Å².